The van der Waals surface area contributed by atoms with Gasteiger partial charge in [0.25, 0.3) is 0 Å². The first-order valence-electron chi connectivity index (χ1n) is 5.71. The van der Waals surface area contributed by atoms with Gasteiger partial charge in [0.15, 0.2) is 0 Å². The van der Waals surface area contributed by atoms with Crippen molar-refractivity contribution >= 4 is 18.3 Å². The van der Waals surface area contributed by atoms with Crippen LogP contribution in [0.2, 0.25) is 0 Å². The van der Waals surface area contributed by atoms with E-state index in [0.29, 0.717) is 5.91 Å². The van der Waals surface area contributed by atoms with E-state index in [1.54, 1.807) is 0 Å². The van der Waals surface area contributed by atoms with Gasteiger partial charge in [-0.3, -0.25) is 4.79 Å². The highest BCUT2D eigenvalue weighted by molar-refractivity contribution is 5.85. The van der Waals surface area contributed by atoms with Crippen LogP contribution >= 0.6 is 12.4 Å². The number of carbonyl (C=O) groups is 1. The van der Waals surface area contributed by atoms with E-state index in [1.807, 2.05) is 11.9 Å². The molecule has 90 valence electrons. The zero-order valence-electron chi connectivity index (χ0n) is 9.79. The maximum absolute atomic E-state index is 11.9. The Morgan fingerprint density at radius 2 is 2.00 bits per heavy atom. The molecule has 1 fully saturated rings. The van der Waals surface area contributed by atoms with Crippen molar-refractivity contribution in [3.8, 4) is 0 Å². The second-order valence-corrected chi connectivity index (χ2v) is 4.14. The van der Waals surface area contributed by atoms with E-state index in [-0.39, 0.29) is 18.3 Å². The average Bonchev–Trinajstić information content (AvgIpc) is 2.26. The van der Waals surface area contributed by atoms with E-state index in [1.165, 1.54) is 0 Å². The second kappa shape index (κ2) is 7.94. The fourth-order valence-electron chi connectivity index (χ4n) is 1.89. The highest BCUT2D eigenvalue weighted by Crippen LogP contribution is 2.14. The molecule has 15 heavy (non-hydrogen) atoms. The maximum Gasteiger partial charge on any atom is 0.225 e. The standard InChI is InChI=1S/C11H22N2O.ClH/c1-3-4-9-13(2)11(14)10-5-7-12-8-6-10;/h10,12H,3-9H2,1-2H3;1H. The Bertz CT molecular complexity index is 181. The number of halogens is 1. The molecule has 3 nitrogen and oxygen atoms in total. The lowest BCUT2D eigenvalue weighted by atomic mass is 9.96. The molecule has 1 amide bonds. The van der Waals surface area contributed by atoms with Crippen LogP contribution in [-0.2, 0) is 4.79 Å². The molecule has 0 radical (unpaired) electrons. The Hall–Kier alpha value is -0.280. The summed E-state index contributed by atoms with van der Waals surface area (Å²) < 4.78 is 0. The molecule has 0 aromatic rings. The van der Waals surface area contributed by atoms with Crippen molar-refractivity contribution in [3.05, 3.63) is 0 Å². The van der Waals surface area contributed by atoms with Crippen LogP contribution in [0.1, 0.15) is 32.6 Å². The van der Waals surface area contributed by atoms with Gasteiger partial charge < -0.3 is 10.2 Å². The number of amides is 1. The minimum Gasteiger partial charge on any atom is -0.346 e. The number of piperidine rings is 1. The van der Waals surface area contributed by atoms with E-state index in [0.717, 1.165) is 45.3 Å². The predicted molar refractivity (Wildman–Crippen MR) is 65.4 cm³/mol. The number of hydrogen-bond donors (Lipinski definition) is 1. The Morgan fingerprint density at radius 3 is 2.53 bits per heavy atom. The highest BCUT2D eigenvalue weighted by atomic mass is 35.5. The first-order valence-corrected chi connectivity index (χ1v) is 5.71. The Balaban J connectivity index is 0.00000196. The van der Waals surface area contributed by atoms with Gasteiger partial charge in [-0.15, -0.1) is 12.4 Å². The molecular formula is C11H23ClN2O. The maximum atomic E-state index is 11.9. The molecule has 1 heterocycles. The largest absolute Gasteiger partial charge is 0.346 e. The summed E-state index contributed by atoms with van der Waals surface area (Å²) in [5.74, 6) is 0.623. The smallest absolute Gasteiger partial charge is 0.225 e. The predicted octanol–water partition coefficient (Wildman–Crippen LogP) is 1.67. The van der Waals surface area contributed by atoms with Crippen molar-refractivity contribution in [2.45, 2.75) is 32.6 Å². The molecule has 0 saturated carbocycles. The first kappa shape index (κ1) is 14.7. The molecular weight excluding hydrogens is 212 g/mol. The van der Waals surface area contributed by atoms with E-state index >= 15 is 0 Å². The van der Waals surface area contributed by atoms with Crippen LogP contribution in [0, 0.1) is 5.92 Å². The minimum atomic E-state index is 0. The van der Waals surface area contributed by atoms with Crippen LogP contribution in [0.3, 0.4) is 0 Å². The van der Waals surface area contributed by atoms with Crippen molar-refractivity contribution in [2.24, 2.45) is 5.92 Å². The molecule has 1 saturated heterocycles. The van der Waals surface area contributed by atoms with Gasteiger partial charge in [-0.05, 0) is 32.4 Å². The van der Waals surface area contributed by atoms with Crippen LogP contribution < -0.4 is 5.32 Å². The van der Waals surface area contributed by atoms with Crippen LogP contribution in [0.4, 0.5) is 0 Å². The third-order valence-electron chi connectivity index (χ3n) is 2.91. The molecule has 0 unspecified atom stereocenters. The first-order chi connectivity index (χ1) is 6.75. The third kappa shape index (κ3) is 4.85. The molecule has 1 rings (SSSR count). The van der Waals surface area contributed by atoms with Crippen molar-refractivity contribution in [1.82, 2.24) is 10.2 Å². The monoisotopic (exact) mass is 234 g/mol. The number of hydrogen-bond acceptors (Lipinski definition) is 2. The van der Waals surface area contributed by atoms with E-state index < -0.39 is 0 Å². The van der Waals surface area contributed by atoms with Crippen LogP contribution in [0.15, 0.2) is 0 Å². The fourth-order valence-corrected chi connectivity index (χ4v) is 1.89. The van der Waals surface area contributed by atoms with Gasteiger partial charge in [0.2, 0.25) is 5.91 Å². The molecule has 0 aliphatic carbocycles. The van der Waals surface area contributed by atoms with Gasteiger partial charge in [-0.25, -0.2) is 0 Å². The summed E-state index contributed by atoms with van der Waals surface area (Å²) in [6.07, 6.45) is 4.29. The summed E-state index contributed by atoms with van der Waals surface area (Å²) in [5.41, 5.74) is 0. The van der Waals surface area contributed by atoms with Gasteiger partial charge in [0, 0.05) is 19.5 Å². The van der Waals surface area contributed by atoms with Crippen molar-refractivity contribution in [2.75, 3.05) is 26.7 Å². The molecule has 0 atom stereocenters. The lowest BCUT2D eigenvalue weighted by Gasteiger charge is -2.26. The second-order valence-electron chi connectivity index (χ2n) is 4.14. The highest BCUT2D eigenvalue weighted by Gasteiger charge is 2.23. The molecule has 1 aliphatic heterocycles. The number of nitrogens with zero attached hydrogens (tertiary/aromatic N) is 1. The molecule has 0 spiro atoms. The summed E-state index contributed by atoms with van der Waals surface area (Å²) in [4.78, 5) is 13.8. The van der Waals surface area contributed by atoms with E-state index in [9.17, 15) is 4.79 Å². The minimum absolute atomic E-state index is 0. The van der Waals surface area contributed by atoms with Crippen molar-refractivity contribution < 1.29 is 4.79 Å². The average molecular weight is 235 g/mol. The molecule has 0 aromatic carbocycles. The Kier molecular flexibility index (Phi) is 7.79. The fraction of sp³-hybridized carbons (Fsp3) is 0.909. The topological polar surface area (TPSA) is 32.3 Å². The van der Waals surface area contributed by atoms with Crippen molar-refractivity contribution in [1.29, 1.82) is 0 Å². The van der Waals surface area contributed by atoms with Gasteiger partial charge in [-0.1, -0.05) is 13.3 Å². The summed E-state index contributed by atoms with van der Waals surface area (Å²) >= 11 is 0. The quantitative estimate of drug-likeness (QED) is 0.803. The Morgan fingerprint density at radius 1 is 1.40 bits per heavy atom. The van der Waals surface area contributed by atoms with E-state index in [4.69, 9.17) is 0 Å². The molecule has 1 N–H and O–H groups in total. The van der Waals surface area contributed by atoms with E-state index in [2.05, 4.69) is 12.2 Å². The van der Waals surface area contributed by atoms with Gasteiger partial charge in [-0.2, -0.15) is 0 Å². The van der Waals surface area contributed by atoms with Crippen LogP contribution in [0.25, 0.3) is 0 Å². The number of rotatable bonds is 4. The Labute approximate surface area is 99.0 Å². The summed E-state index contributed by atoms with van der Waals surface area (Å²) in [6.45, 7) is 5.07. The molecule has 4 heteroatoms. The normalized spacial score (nSPS) is 16.9. The number of unbranched alkanes of at least 4 members (excludes halogenated alkanes) is 1. The zero-order valence-corrected chi connectivity index (χ0v) is 10.6. The number of nitrogens with one attached hydrogen (secondary N) is 1. The molecule has 1 aliphatic rings. The third-order valence-corrected chi connectivity index (χ3v) is 2.91. The lowest BCUT2D eigenvalue weighted by molar-refractivity contribution is -0.135. The summed E-state index contributed by atoms with van der Waals surface area (Å²) in [7, 11) is 1.93. The zero-order chi connectivity index (χ0) is 10.4. The number of carbonyl (C=O) groups excluding carboxylic acids is 1. The lowest BCUT2D eigenvalue weighted by Crippen LogP contribution is -2.39. The van der Waals surface area contributed by atoms with Crippen LogP contribution in [0.5, 0.6) is 0 Å². The van der Waals surface area contributed by atoms with Gasteiger partial charge >= 0.3 is 0 Å². The molecule has 0 bridgehead atoms. The van der Waals surface area contributed by atoms with Gasteiger partial charge in [0.05, 0.1) is 0 Å². The van der Waals surface area contributed by atoms with Crippen LogP contribution in [-0.4, -0.2) is 37.5 Å². The van der Waals surface area contributed by atoms with Crippen molar-refractivity contribution in [3.63, 3.8) is 0 Å². The molecule has 0 aromatic heterocycles. The summed E-state index contributed by atoms with van der Waals surface area (Å²) in [6, 6.07) is 0. The SMILES string of the molecule is CCCCN(C)C(=O)C1CCNCC1.Cl. The summed E-state index contributed by atoms with van der Waals surface area (Å²) in [5, 5.41) is 3.28. The van der Waals surface area contributed by atoms with Gasteiger partial charge in [0.1, 0.15) is 0 Å².